The van der Waals surface area contributed by atoms with Gasteiger partial charge in [0.25, 0.3) is 0 Å². The average Bonchev–Trinajstić information content (AvgIpc) is 2.93. The van der Waals surface area contributed by atoms with Gasteiger partial charge < -0.3 is 14.4 Å². The van der Waals surface area contributed by atoms with Crippen LogP contribution in [0, 0.1) is 6.92 Å². The van der Waals surface area contributed by atoms with Crippen molar-refractivity contribution in [1.82, 2.24) is 9.38 Å². The Kier molecular flexibility index (Phi) is 4.39. The van der Waals surface area contributed by atoms with Crippen LogP contribution in [0.25, 0.3) is 5.65 Å². The van der Waals surface area contributed by atoms with Gasteiger partial charge in [-0.1, -0.05) is 24.3 Å². The molecule has 0 bridgehead atoms. The van der Waals surface area contributed by atoms with Gasteiger partial charge in [-0.3, -0.25) is 0 Å². The van der Waals surface area contributed by atoms with Gasteiger partial charge in [-0.15, -0.1) is 0 Å². The predicted molar refractivity (Wildman–Crippen MR) is 89.1 cm³/mol. The van der Waals surface area contributed by atoms with Crippen molar-refractivity contribution in [2.24, 2.45) is 0 Å². The largest absolute Gasteiger partial charge is 0.396 e. The second kappa shape index (κ2) is 6.62. The molecule has 0 saturated carbocycles. The third kappa shape index (κ3) is 3.28. The van der Waals surface area contributed by atoms with Crippen molar-refractivity contribution in [3.05, 3.63) is 66.1 Å². The molecular formula is C18H21N3O. The number of aryl methyl sites for hydroxylation is 1. The summed E-state index contributed by atoms with van der Waals surface area (Å²) < 4.78 is 2.07. The SMILES string of the molecule is Cc1ccc2nc(CN(CCCO)c3ccccc3)cn2c1. The number of nitrogens with zero attached hydrogens (tertiary/aromatic N) is 3. The van der Waals surface area contributed by atoms with E-state index in [1.165, 1.54) is 5.56 Å². The monoisotopic (exact) mass is 295 g/mol. The van der Waals surface area contributed by atoms with Crippen LogP contribution < -0.4 is 4.90 Å². The summed E-state index contributed by atoms with van der Waals surface area (Å²) in [6.45, 7) is 3.84. The van der Waals surface area contributed by atoms with Gasteiger partial charge in [0.15, 0.2) is 0 Å². The van der Waals surface area contributed by atoms with Crippen LogP contribution in [0.4, 0.5) is 5.69 Å². The average molecular weight is 295 g/mol. The van der Waals surface area contributed by atoms with Crippen LogP contribution in [0.5, 0.6) is 0 Å². The van der Waals surface area contributed by atoms with Crippen LogP contribution in [0.15, 0.2) is 54.9 Å². The molecule has 0 saturated heterocycles. The molecule has 3 aromatic rings. The van der Waals surface area contributed by atoms with Crippen LogP contribution in [-0.2, 0) is 6.54 Å². The highest BCUT2D eigenvalue weighted by molar-refractivity contribution is 5.47. The fourth-order valence-corrected chi connectivity index (χ4v) is 2.63. The van der Waals surface area contributed by atoms with E-state index in [4.69, 9.17) is 5.11 Å². The van der Waals surface area contributed by atoms with Crippen LogP contribution >= 0.6 is 0 Å². The molecule has 4 nitrogen and oxygen atoms in total. The van der Waals surface area contributed by atoms with Crippen LogP contribution in [0.3, 0.4) is 0 Å². The van der Waals surface area contributed by atoms with E-state index in [2.05, 4.69) is 51.8 Å². The van der Waals surface area contributed by atoms with E-state index in [9.17, 15) is 0 Å². The molecule has 1 N–H and O–H groups in total. The standard InChI is InChI=1S/C18H21N3O/c1-15-8-9-18-19-16(14-21(18)12-15)13-20(10-5-11-22)17-6-3-2-4-7-17/h2-4,6-9,12,14,22H,5,10-11,13H2,1H3. The molecule has 0 atom stereocenters. The predicted octanol–water partition coefficient (Wildman–Crippen LogP) is 3.03. The van der Waals surface area contributed by atoms with E-state index in [0.717, 1.165) is 36.5 Å². The Hall–Kier alpha value is -2.33. The van der Waals surface area contributed by atoms with Crippen molar-refractivity contribution in [2.45, 2.75) is 19.9 Å². The van der Waals surface area contributed by atoms with E-state index < -0.39 is 0 Å². The minimum atomic E-state index is 0.202. The molecule has 0 aliphatic rings. The van der Waals surface area contributed by atoms with Gasteiger partial charge in [0, 0.05) is 31.2 Å². The Morgan fingerprint density at radius 1 is 1.09 bits per heavy atom. The third-order valence-electron chi connectivity index (χ3n) is 3.71. The Bertz CT molecular complexity index is 736. The number of aromatic nitrogens is 2. The maximum Gasteiger partial charge on any atom is 0.137 e. The zero-order valence-corrected chi connectivity index (χ0v) is 12.8. The number of imidazole rings is 1. The van der Waals surface area contributed by atoms with Gasteiger partial charge in [-0.25, -0.2) is 4.98 Å². The molecule has 2 aromatic heterocycles. The molecule has 0 spiro atoms. The molecule has 22 heavy (non-hydrogen) atoms. The highest BCUT2D eigenvalue weighted by Crippen LogP contribution is 2.17. The van der Waals surface area contributed by atoms with Gasteiger partial charge in [0.05, 0.1) is 12.2 Å². The van der Waals surface area contributed by atoms with E-state index >= 15 is 0 Å². The Labute approximate surface area is 130 Å². The van der Waals surface area contributed by atoms with Gasteiger partial charge in [-0.2, -0.15) is 0 Å². The first-order chi connectivity index (χ1) is 10.8. The van der Waals surface area contributed by atoms with Crippen molar-refractivity contribution >= 4 is 11.3 Å². The third-order valence-corrected chi connectivity index (χ3v) is 3.71. The molecule has 0 unspecified atom stereocenters. The van der Waals surface area contributed by atoms with Crippen molar-refractivity contribution in [3.8, 4) is 0 Å². The van der Waals surface area contributed by atoms with Gasteiger partial charge in [-0.05, 0) is 37.1 Å². The number of rotatable bonds is 6. The fourth-order valence-electron chi connectivity index (χ4n) is 2.63. The van der Waals surface area contributed by atoms with Crippen LogP contribution in [0.2, 0.25) is 0 Å². The summed E-state index contributed by atoms with van der Waals surface area (Å²) in [6.07, 6.45) is 4.92. The molecule has 0 fully saturated rings. The number of aliphatic hydroxyl groups excluding tert-OH is 1. The molecule has 3 rings (SSSR count). The maximum absolute atomic E-state index is 9.13. The number of para-hydroxylation sites is 1. The molecular weight excluding hydrogens is 274 g/mol. The topological polar surface area (TPSA) is 40.8 Å². The summed E-state index contributed by atoms with van der Waals surface area (Å²) in [5, 5.41) is 9.13. The lowest BCUT2D eigenvalue weighted by atomic mass is 10.2. The Morgan fingerprint density at radius 3 is 2.68 bits per heavy atom. The number of anilines is 1. The zero-order valence-electron chi connectivity index (χ0n) is 12.8. The lowest BCUT2D eigenvalue weighted by Crippen LogP contribution is -2.24. The van der Waals surface area contributed by atoms with E-state index in [0.29, 0.717) is 0 Å². The second-order valence-electron chi connectivity index (χ2n) is 5.54. The molecule has 114 valence electrons. The van der Waals surface area contributed by atoms with Crippen molar-refractivity contribution in [2.75, 3.05) is 18.1 Å². The minimum Gasteiger partial charge on any atom is -0.396 e. The van der Waals surface area contributed by atoms with E-state index in [-0.39, 0.29) is 6.61 Å². The summed E-state index contributed by atoms with van der Waals surface area (Å²) in [4.78, 5) is 6.94. The zero-order chi connectivity index (χ0) is 15.4. The number of hydrogen-bond donors (Lipinski definition) is 1. The molecule has 1 aromatic carbocycles. The number of fused-ring (bicyclic) bond motifs is 1. The van der Waals surface area contributed by atoms with Crippen LogP contribution in [-0.4, -0.2) is 27.6 Å². The quantitative estimate of drug-likeness (QED) is 0.760. The minimum absolute atomic E-state index is 0.202. The van der Waals surface area contributed by atoms with Crippen molar-refractivity contribution in [3.63, 3.8) is 0 Å². The smallest absolute Gasteiger partial charge is 0.137 e. The highest BCUT2D eigenvalue weighted by atomic mass is 16.3. The van der Waals surface area contributed by atoms with Crippen LogP contribution in [0.1, 0.15) is 17.7 Å². The van der Waals surface area contributed by atoms with E-state index in [1.807, 2.05) is 24.3 Å². The highest BCUT2D eigenvalue weighted by Gasteiger charge is 2.09. The number of aliphatic hydroxyl groups is 1. The van der Waals surface area contributed by atoms with E-state index in [1.54, 1.807) is 0 Å². The number of hydrogen-bond acceptors (Lipinski definition) is 3. The number of benzene rings is 1. The summed E-state index contributed by atoms with van der Waals surface area (Å²) in [5.74, 6) is 0. The Morgan fingerprint density at radius 2 is 1.91 bits per heavy atom. The van der Waals surface area contributed by atoms with Gasteiger partial charge >= 0.3 is 0 Å². The normalized spacial score (nSPS) is 11.0. The summed E-state index contributed by atoms with van der Waals surface area (Å²) in [5.41, 5.74) is 4.38. The summed E-state index contributed by atoms with van der Waals surface area (Å²) >= 11 is 0. The summed E-state index contributed by atoms with van der Waals surface area (Å²) in [7, 11) is 0. The molecule has 0 amide bonds. The summed E-state index contributed by atoms with van der Waals surface area (Å²) in [6, 6.07) is 14.4. The lowest BCUT2D eigenvalue weighted by molar-refractivity contribution is 0.289. The first-order valence-electron chi connectivity index (χ1n) is 7.61. The second-order valence-corrected chi connectivity index (χ2v) is 5.54. The van der Waals surface area contributed by atoms with Crippen molar-refractivity contribution < 1.29 is 5.11 Å². The molecule has 0 aliphatic heterocycles. The molecule has 0 radical (unpaired) electrons. The maximum atomic E-state index is 9.13. The fraction of sp³-hybridized carbons (Fsp3) is 0.278. The molecule has 4 heteroatoms. The first-order valence-corrected chi connectivity index (χ1v) is 7.61. The first kappa shape index (κ1) is 14.6. The van der Waals surface area contributed by atoms with Crippen molar-refractivity contribution in [1.29, 1.82) is 0 Å². The molecule has 2 heterocycles. The van der Waals surface area contributed by atoms with Gasteiger partial charge in [0.1, 0.15) is 5.65 Å². The number of pyridine rings is 1. The molecule has 0 aliphatic carbocycles. The Balaban J connectivity index is 1.84. The lowest BCUT2D eigenvalue weighted by Gasteiger charge is -2.23. The van der Waals surface area contributed by atoms with Gasteiger partial charge in [0.2, 0.25) is 0 Å².